The van der Waals surface area contributed by atoms with E-state index in [0.29, 0.717) is 20.8 Å². The molecular weight excluding hydrogens is 375 g/mol. The number of fused-ring (bicyclic) bond motifs is 1. The molecule has 1 amide bonds. The number of alkyl halides is 3. The molecule has 1 aromatic carbocycles. The van der Waals surface area contributed by atoms with E-state index in [4.69, 9.17) is 11.6 Å². The standard InChI is InChI=1S/C16H15ClF3N3O3/c17-10-1-2-11-12(7-10)21-9-23(13(11)24)8-15(26)3-5-22(6-4-15)14(25)16(18,19)20/h1-2,7,9,26H,3-6,8H2. The van der Waals surface area contributed by atoms with Crippen molar-refractivity contribution in [2.24, 2.45) is 0 Å². The summed E-state index contributed by atoms with van der Waals surface area (Å²) in [6, 6.07) is 4.62. The Kier molecular flexibility index (Phi) is 4.70. The van der Waals surface area contributed by atoms with Crippen LogP contribution in [0.3, 0.4) is 0 Å². The van der Waals surface area contributed by atoms with Crippen LogP contribution in [0.1, 0.15) is 12.8 Å². The molecule has 1 fully saturated rings. The number of nitrogens with zero attached hydrogens (tertiary/aromatic N) is 3. The summed E-state index contributed by atoms with van der Waals surface area (Å²) in [6.07, 6.45) is -3.80. The van der Waals surface area contributed by atoms with E-state index in [1.165, 1.54) is 17.0 Å². The highest BCUT2D eigenvalue weighted by Gasteiger charge is 2.45. The van der Waals surface area contributed by atoms with Crippen molar-refractivity contribution >= 4 is 28.4 Å². The first kappa shape index (κ1) is 18.7. The van der Waals surface area contributed by atoms with E-state index in [1.54, 1.807) is 12.1 Å². The number of rotatable bonds is 2. The lowest BCUT2D eigenvalue weighted by atomic mass is 9.91. The maximum Gasteiger partial charge on any atom is 0.471 e. The Morgan fingerprint density at radius 1 is 1.31 bits per heavy atom. The van der Waals surface area contributed by atoms with Gasteiger partial charge in [0.15, 0.2) is 0 Å². The second kappa shape index (κ2) is 6.55. The number of amides is 1. The van der Waals surface area contributed by atoms with E-state index >= 15 is 0 Å². The maximum atomic E-state index is 12.5. The predicted octanol–water partition coefficient (Wildman–Crippen LogP) is 1.97. The quantitative estimate of drug-likeness (QED) is 0.852. The molecule has 0 saturated carbocycles. The van der Waals surface area contributed by atoms with E-state index in [-0.39, 0.29) is 38.0 Å². The normalized spacial score (nSPS) is 17.5. The number of piperidine rings is 1. The van der Waals surface area contributed by atoms with Gasteiger partial charge < -0.3 is 10.0 Å². The Labute approximate surface area is 150 Å². The molecule has 6 nitrogen and oxygen atoms in total. The second-order valence-electron chi connectivity index (χ2n) is 6.35. The van der Waals surface area contributed by atoms with Gasteiger partial charge in [0.2, 0.25) is 0 Å². The smallest absolute Gasteiger partial charge is 0.388 e. The average molecular weight is 390 g/mol. The Morgan fingerprint density at radius 2 is 1.96 bits per heavy atom. The highest BCUT2D eigenvalue weighted by molar-refractivity contribution is 6.31. The summed E-state index contributed by atoms with van der Waals surface area (Å²) in [4.78, 5) is 28.6. The van der Waals surface area contributed by atoms with E-state index in [0.717, 1.165) is 0 Å². The number of likely N-dealkylation sites (tertiary alicyclic amines) is 1. The molecule has 0 atom stereocenters. The number of aromatic nitrogens is 2. The van der Waals surface area contributed by atoms with Crippen LogP contribution < -0.4 is 5.56 Å². The molecule has 26 heavy (non-hydrogen) atoms. The van der Waals surface area contributed by atoms with Gasteiger partial charge in [-0.3, -0.25) is 14.2 Å². The van der Waals surface area contributed by atoms with Gasteiger partial charge in [-0.1, -0.05) is 11.6 Å². The number of halogens is 4. The first-order chi connectivity index (χ1) is 12.1. The maximum absolute atomic E-state index is 12.5. The number of hydrogen-bond acceptors (Lipinski definition) is 4. The molecule has 1 aliphatic rings. The van der Waals surface area contributed by atoms with Crippen molar-refractivity contribution in [2.75, 3.05) is 13.1 Å². The van der Waals surface area contributed by atoms with Crippen molar-refractivity contribution in [1.82, 2.24) is 14.5 Å². The molecular formula is C16H15ClF3N3O3. The summed E-state index contributed by atoms with van der Waals surface area (Å²) < 4.78 is 38.7. The third-order valence-electron chi connectivity index (χ3n) is 4.48. The molecule has 2 aromatic rings. The zero-order valence-corrected chi connectivity index (χ0v) is 14.2. The fourth-order valence-corrected chi connectivity index (χ4v) is 3.19. The summed E-state index contributed by atoms with van der Waals surface area (Å²) in [5.74, 6) is -1.92. The van der Waals surface area contributed by atoms with Crippen molar-refractivity contribution in [1.29, 1.82) is 0 Å². The van der Waals surface area contributed by atoms with Gasteiger partial charge in [0.1, 0.15) is 0 Å². The first-order valence-corrected chi connectivity index (χ1v) is 8.20. The van der Waals surface area contributed by atoms with Gasteiger partial charge in [-0.15, -0.1) is 0 Å². The van der Waals surface area contributed by atoms with Gasteiger partial charge in [0.25, 0.3) is 5.56 Å². The van der Waals surface area contributed by atoms with Gasteiger partial charge in [-0.05, 0) is 31.0 Å². The lowest BCUT2D eigenvalue weighted by molar-refractivity contribution is -0.188. The van der Waals surface area contributed by atoms with Crippen LogP contribution in [0.4, 0.5) is 13.2 Å². The third kappa shape index (κ3) is 3.68. The fourth-order valence-electron chi connectivity index (χ4n) is 3.02. The molecule has 1 aromatic heterocycles. The molecule has 0 radical (unpaired) electrons. The van der Waals surface area contributed by atoms with Crippen molar-refractivity contribution in [3.05, 3.63) is 39.9 Å². The molecule has 0 aliphatic carbocycles. The van der Waals surface area contributed by atoms with Gasteiger partial charge in [-0.25, -0.2) is 4.98 Å². The minimum absolute atomic E-state index is 0.0695. The zero-order valence-electron chi connectivity index (χ0n) is 13.5. The van der Waals surface area contributed by atoms with Crippen LogP contribution in [-0.4, -0.2) is 50.3 Å². The van der Waals surface area contributed by atoms with Crippen LogP contribution in [0.2, 0.25) is 5.02 Å². The molecule has 3 rings (SSSR count). The SMILES string of the molecule is O=C(N1CCC(O)(Cn2cnc3cc(Cl)ccc3c2=O)CC1)C(F)(F)F. The zero-order chi connectivity index (χ0) is 19.1. The monoisotopic (exact) mass is 389 g/mol. The van der Waals surface area contributed by atoms with Crippen LogP contribution in [0, 0.1) is 0 Å². The van der Waals surface area contributed by atoms with Crippen LogP contribution in [0.5, 0.6) is 0 Å². The number of aliphatic hydroxyl groups is 1. The van der Waals surface area contributed by atoms with Crippen LogP contribution in [-0.2, 0) is 11.3 Å². The predicted molar refractivity (Wildman–Crippen MR) is 87.8 cm³/mol. The second-order valence-corrected chi connectivity index (χ2v) is 6.79. The Morgan fingerprint density at radius 3 is 2.58 bits per heavy atom. The van der Waals surface area contributed by atoms with Crippen LogP contribution in [0.15, 0.2) is 29.3 Å². The van der Waals surface area contributed by atoms with E-state index < -0.39 is 17.7 Å². The molecule has 0 unspecified atom stereocenters. The highest BCUT2D eigenvalue weighted by Crippen LogP contribution is 2.27. The van der Waals surface area contributed by atoms with Gasteiger partial charge in [0.05, 0.1) is 29.4 Å². The van der Waals surface area contributed by atoms with Crippen molar-refractivity contribution < 1.29 is 23.1 Å². The molecule has 10 heteroatoms. The van der Waals surface area contributed by atoms with Crippen LogP contribution in [0.25, 0.3) is 10.9 Å². The lowest BCUT2D eigenvalue weighted by Crippen LogP contribution is -2.52. The topological polar surface area (TPSA) is 75.4 Å². The molecule has 1 N–H and O–H groups in total. The lowest BCUT2D eigenvalue weighted by Gasteiger charge is -2.38. The largest absolute Gasteiger partial charge is 0.471 e. The molecule has 140 valence electrons. The summed E-state index contributed by atoms with van der Waals surface area (Å²) in [6.45, 7) is -0.591. The number of benzene rings is 1. The van der Waals surface area contributed by atoms with E-state index in [2.05, 4.69) is 4.98 Å². The number of carbonyl (C=O) groups excluding carboxylic acids is 1. The average Bonchev–Trinajstić information content (AvgIpc) is 2.56. The van der Waals surface area contributed by atoms with Crippen molar-refractivity contribution in [2.45, 2.75) is 31.2 Å². The molecule has 0 spiro atoms. The minimum Gasteiger partial charge on any atom is -0.388 e. The Bertz CT molecular complexity index is 905. The Balaban J connectivity index is 1.77. The van der Waals surface area contributed by atoms with E-state index in [9.17, 15) is 27.9 Å². The highest BCUT2D eigenvalue weighted by atomic mass is 35.5. The number of hydrogen-bond donors (Lipinski definition) is 1. The minimum atomic E-state index is -4.93. The fraction of sp³-hybridized carbons (Fsp3) is 0.438. The van der Waals surface area contributed by atoms with Gasteiger partial charge in [-0.2, -0.15) is 13.2 Å². The van der Waals surface area contributed by atoms with Gasteiger partial charge in [0, 0.05) is 18.1 Å². The molecule has 0 bridgehead atoms. The van der Waals surface area contributed by atoms with Crippen LogP contribution >= 0.6 is 11.6 Å². The summed E-state index contributed by atoms with van der Waals surface area (Å²) >= 11 is 5.86. The number of carbonyl (C=O) groups is 1. The van der Waals surface area contributed by atoms with Crippen molar-refractivity contribution in [3.63, 3.8) is 0 Å². The third-order valence-corrected chi connectivity index (χ3v) is 4.71. The van der Waals surface area contributed by atoms with Crippen molar-refractivity contribution in [3.8, 4) is 0 Å². The summed E-state index contributed by atoms with van der Waals surface area (Å²) in [5, 5.41) is 11.4. The first-order valence-electron chi connectivity index (χ1n) is 7.82. The van der Waals surface area contributed by atoms with E-state index in [1.807, 2.05) is 0 Å². The summed E-state index contributed by atoms with van der Waals surface area (Å²) in [7, 11) is 0. The van der Waals surface area contributed by atoms with Gasteiger partial charge >= 0.3 is 12.1 Å². The molecule has 2 heterocycles. The molecule has 1 saturated heterocycles. The summed E-state index contributed by atoms with van der Waals surface area (Å²) in [5.41, 5.74) is -1.36. The Hall–Kier alpha value is -2.13. The molecule has 1 aliphatic heterocycles.